The average molecular weight is 449 g/mol. The number of hydrogen-bond acceptors (Lipinski definition) is 5. The number of anilines is 1. The fraction of sp³-hybridized carbons (Fsp3) is 0.207. The molecule has 0 amide bonds. The van der Waals surface area contributed by atoms with Gasteiger partial charge in [0.1, 0.15) is 11.3 Å². The van der Waals surface area contributed by atoms with Gasteiger partial charge in [0.05, 0.1) is 11.2 Å². The minimum absolute atomic E-state index is 0.0408. The van der Waals surface area contributed by atoms with Crippen molar-refractivity contribution >= 4 is 27.7 Å². The van der Waals surface area contributed by atoms with Gasteiger partial charge in [0.2, 0.25) is 0 Å². The number of aromatic nitrogens is 3. The first kappa shape index (κ1) is 21.8. The summed E-state index contributed by atoms with van der Waals surface area (Å²) >= 11 is 0. The van der Waals surface area contributed by atoms with Gasteiger partial charge in [0.25, 0.3) is 0 Å². The third-order valence-electron chi connectivity index (χ3n) is 6.24. The van der Waals surface area contributed by atoms with E-state index in [2.05, 4.69) is 66.3 Å². The Morgan fingerprint density at radius 2 is 1.74 bits per heavy atom. The fourth-order valence-corrected chi connectivity index (χ4v) is 4.33. The maximum absolute atomic E-state index is 5.48. The van der Waals surface area contributed by atoms with Crippen molar-refractivity contribution in [2.24, 2.45) is 0 Å². The van der Waals surface area contributed by atoms with Gasteiger partial charge >= 0.3 is 0 Å². The van der Waals surface area contributed by atoms with Gasteiger partial charge in [-0.15, -0.1) is 6.58 Å². The van der Waals surface area contributed by atoms with Crippen molar-refractivity contribution in [2.45, 2.75) is 38.6 Å². The van der Waals surface area contributed by atoms with E-state index in [0.717, 1.165) is 51.8 Å². The molecule has 34 heavy (non-hydrogen) atoms. The maximum atomic E-state index is 5.48. The first-order valence-corrected chi connectivity index (χ1v) is 11.6. The topological polar surface area (TPSA) is 63.8 Å². The van der Waals surface area contributed by atoms with E-state index in [1.807, 2.05) is 31.5 Å². The summed E-state index contributed by atoms with van der Waals surface area (Å²) in [5.41, 5.74) is 6.36. The molecule has 5 heteroatoms. The number of nitrogens with zero attached hydrogens (tertiary/aromatic N) is 3. The molecule has 1 aliphatic carbocycles. The third kappa shape index (κ3) is 4.29. The van der Waals surface area contributed by atoms with Crippen molar-refractivity contribution in [1.29, 1.82) is 0 Å². The molecule has 1 saturated carbocycles. The summed E-state index contributed by atoms with van der Waals surface area (Å²) in [5, 5.41) is 6.01. The number of nitrogens with one attached hydrogen (secondary N) is 1. The average Bonchev–Trinajstić information content (AvgIpc) is 3.47. The van der Waals surface area contributed by atoms with Crippen molar-refractivity contribution < 1.29 is 4.42 Å². The van der Waals surface area contributed by atoms with Gasteiger partial charge in [-0.25, -0.2) is 9.97 Å². The highest BCUT2D eigenvalue weighted by Gasteiger charge is 2.44. The standard InChI is InChI=1S/C26H22N4O.C3H6/c1-17-2-5-20(6-3-17)26(10-11-26)30-25-24-19(9-13-28-25)8-12-27-22(24)14-18-4-7-21-23(15-18)31-16-29-21;1-3-2/h2-9,12-13,15-16H,10-11,14H2,1H3,(H,28,30);3H,1H2,2H3. The van der Waals surface area contributed by atoms with E-state index in [-0.39, 0.29) is 5.54 Å². The number of pyridine rings is 2. The number of rotatable bonds is 5. The van der Waals surface area contributed by atoms with E-state index in [1.54, 1.807) is 6.08 Å². The van der Waals surface area contributed by atoms with Crippen LogP contribution in [0.3, 0.4) is 0 Å². The van der Waals surface area contributed by atoms with Gasteiger partial charge in [-0.2, -0.15) is 0 Å². The lowest BCUT2D eigenvalue weighted by Gasteiger charge is -2.21. The Bertz CT molecular complexity index is 1440. The lowest BCUT2D eigenvalue weighted by molar-refractivity contribution is 0.602. The monoisotopic (exact) mass is 448 g/mol. The second-order valence-electron chi connectivity index (χ2n) is 8.83. The number of benzene rings is 2. The molecule has 3 heterocycles. The first-order valence-electron chi connectivity index (χ1n) is 11.6. The Balaban J connectivity index is 0.000000764. The second-order valence-corrected chi connectivity index (χ2v) is 8.83. The first-order chi connectivity index (χ1) is 16.6. The zero-order valence-electron chi connectivity index (χ0n) is 19.6. The highest BCUT2D eigenvalue weighted by molar-refractivity contribution is 5.94. The van der Waals surface area contributed by atoms with Crippen molar-refractivity contribution in [1.82, 2.24) is 15.0 Å². The summed E-state index contributed by atoms with van der Waals surface area (Å²) < 4.78 is 5.48. The second kappa shape index (κ2) is 9.10. The predicted octanol–water partition coefficient (Wildman–Crippen LogP) is 6.96. The van der Waals surface area contributed by atoms with Crippen LogP contribution in [0, 0.1) is 6.92 Å². The van der Waals surface area contributed by atoms with E-state index in [9.17, 15) is 0 Å². The van der Waals surface area contributed by atoms with Gasteiger partial charge in [0.15, 0.2) is 12.0 Å². The van der Waals surface area contributed by atoms with Crippen LogP contribution in [-0.2, 0) is 12.0 Å². The molecule has 2 aromatic carbocycles. The molecule has 1 aliphatic rings. The van der Waals surface area contributed by atoms with Crippen molar-refractivity contribution in [2.75, 3.05) is 5.32 Å². The Morgan fingerprint density at radius 1 is 1.00 bits per heavy atom. The molecule has 5 aromatic rings. The largest absolute Gasteiger partial charge is 0.443 e. The van der Waals surface area contributed by atoms with Gasteiger partial charge in [-0.1, -0.05) is 42.0 Å². The zero-order chi connectivity index (χ0) is 23.5. The van der Waals surface area contributed by atoms with E-state index < -0.39 is 0 Å². The maximum Gasteiger partial charge on any atom is 0.181 e. The van der Waals surface area contributed by atoms with Crippen LogP contribution in [0.1, 0.15) is 42.1 Å². The molecule has 3 aromatic heterocycles. The Hall–Kier alpha value is -3.99. The molecule has 0 bridgehead atoms. The molecule has 0 unspecified atom stereocenters. The SMILES string of the molecule is C=CC.Cc1ccc(C2(Nc3nccc4ccnc(Cc5ccc6ncoc6c5)c34)CC2)cc1. The van der Waals surface area contributed by atoms with Gasteiger partial charge in [0, 0.05) is 24.2 Å². The van der Waals surface area contributed by atoms with Crippen LogP contribution in [-0.4, -0.2) is 15.0 Å². The molecule has 0 saturated heterocycles. The molecule has 1 N–H and O–H groups in total. The molecule has 0 atom stereocenters. The molecule has 170 valence electrons. The van der Waals surface area contributed by atoms with Crippen LogP contribution < -0.4 is 5.32 Å². The third-order valence-corrected chi connectivity index (χ3v) is 6.24. The van der Waals surface area contributed by atoms with Gasteiger partial charge in [-0.3, -0.25) is 4.98 Å². The Morgan fingerprint density at radius 3 is 2.47 bits per heavy atom. The van der Waals surface area contributed by atoms with Crippen LogP contribution in [0.4, 0.5) is 5.82 Å². The smallest absolute Gasteiger partial charge is 0.181 e. The predicted molar refractivity (Wildman–Crippen MR) is 138 cm³/mol. The van der Waals surface area contributed by atoms with Crippen LogP contribution in [0.15, 0.2) is 90.5 Å². The highest BCUT2D eigenvalue weighted by atomic mass is 16.3. The van der Waals surface area contributed by atoms with Gasteiger partial charge in [-0.05, 0) is 67.5 Å². The highest BCUT2D eigenvalue weighted by Crippen LogP contribution is 2.49. The van der Waals surface area contributed by atoms with Crippen LogP contribution in [0.2, 0.25) is 0 Å². The van der Waals surface area contributed by atoms with E-state index in [1.165, 1.54) is 17.5 Å². The van der Waals surface area contributed by atoms with Crippen molar-refractivity contribution in [3.05, 3.63) is 108 Å². The molecule has 5 nitrogen and oxygen atoms in total. The van der Waals surface area contributed by atoms with Crippen LogP contribution in [0.25, 0.3) is 21.9 Å². The quantitative estimate of drug-likeness (QED) is 0.294. The summed E-state index contributed by atoms with van der Waals surface area (Å²) in [5.74, 6) is 0.902. The van der Waals surface area contributed by atoms with Gasteiger partial charge < -0.3 is 9.73 Å². The van der Waals surface area contributed by atoms with Crippen LogP contribution >= 0.6 is 0 Å². The molecule has 6 rings (SSSR count). The van der Waals surface area contributed by atoms with Crippen LogP contribution in [0.5, 0.6) is 0 Å². The lowest BCUT2D eigenvalue weighted by Crippen LogP contribution is -2.20. The molecular formula is C29H28N4O. The fourth-order valence-electron chi connectivity index (χ4n) is 4.33. The van der Waals surface area contributed by atoms with Crippen molar-refractivity contribution in [3.8, 4) is 0 Å². The molecule has 1 fully saturated rings. The summed E-state index contributed by atoms with van der Waals surface area (Å²) in [6.07, 6.45) is 9.89. The zero-order valence-corrected chi connectivity index (χ0v) is 19.6. The van der Waals surface area contributed by atoms with Crippen molar-refractivity contribution in [3.63, 3.8) is 0 Å². The summed E-state index contributed by atoms with van der Waals surface area (Å²) in [6.45, 7) is 7.37. The van der Waals surface area contributed by atoms with E-state index in [4.69, 9.17) is 14.4 Å². The molecule has 0 aliphatic heterocycles. The van der Waals surface area contributed by atoms with E-state index >= 15 is 0 Å². The molecule has 0 radical (unpaired) electrons. The number of fused-ring (bicyclic) bond motifs is 2. The Kier molecular flexibility index (Phi) is 5.84. The summed E-state index contributed by atoms with van der Waals surface area (Å²) in [4.78, 5) is 13.7. The van der Waals surface area contributed by atoms with E-state index in [0.29, 0.717) is 6.42 Å². The molecule has 0 spiro atoms. The number of oxazole rings is 1. The normalized spacial score (nSPS) is 13.8. The minimum Gasteiger partial charge on any atom is -0.443 e. The Labute approximate surface area is 199 Å². The molecular weight excluding hydrogens is 420 g/mol. The number of allylic oxidation sites excluding steroid dienone is 1. The summed E-state index contributed by atoms with van der Waals surface area (Å²) in [7, 11) is 0. The lowest BCUT2D eigenvalue weighted by atomic mass is 10.0. The number of hydrogen-bond donors (Lipinski definition) is 1. The summed E-state index contributed by atoms with van der Waals surface area (Å²) in [6, 6.07) is 19.0. The minimum atomic E-state index is -0.0408. The number of aryl methyl sites for hydroxylation is 1.